The van der Waals surface area contributed by atoms with E-state index < -0.39 is 29.9 Å². The molecule has 26 heavy (non-hydrogen) atoms. The van der Waals surface area contributed by atoms with Gasteiger partial charge in [-0.05, 0) is 42.6 Å². The Morgan fingerprint density at radius 2 is 1.69 bits per heavy atom. The zero-order chi connectivity index (χ0) is 18.9. The van der Waals surface area contributed by atoms with Crippen molar-refractivity contribution in [1.29, 1.82) is 0 Å². The molecule has 0 aliphatic rings. The Bertz CT molecular complexity index is 693. The van der Waals surface area contributed by atoms with Gasteiger partial charge in [-0.25, -0.2) is 13.6 Å². The Balaban J connectivity index is 1.89. The van der Waals surface area contributed by atoms with Crippen LogP contribution in [-0.2, 0) is 12.8 Å². The molecule has 0 saturated carbocycles. The first-order valence-corrected chi connectivity index (χ1v) is 8.31. The number of aliphatic hydroxyl groups excluding tert-OH is 1. The van der Waals surface area contributed by atoms with Crippen molar-refractivity contribution >= 4 is 6.09 Å². The molecule has 2 atom stereocenters. The Labute approximate surface area is 150 Å². The van der Waals surface area contributed by atoms with E-state index >= 15 is 0 Å². The summed E-state index contributed by atoms with van der Waals surface area (Å²) in [7, 11) is 0. The minimum absolute atomic E-state index is 0.0253. The molecule has 0 aliphatic carbocycles. The number of hydrogen-bond acceptors (Lipinski definition) is 3. The van der Waals surface area contributed by atoms with E-state index in [2.05, 4.69) is 10.6 Å². The first-order chi connectivity index (χ1) is 12.4. The summed E-state index contributed by atoms with van der Waals surface area (Å²) in [5.41, 5.74) is 1.41. The molecule has 2 rings (SSSR count). The predicted molar refractivity (Wildman–Crippen MR) is 94.0 cm³/mol. The van der Waals surface area contributed by atoms with Crippen molar-refractivity contribution in [2.75, 3.05) is 13.1 Å². The highest BCUT2D eigenvalue weighted by Crippen LogP contribution is 2.12. The van der Waals surface area contributed by atoms with Crippen molar-refractivity contribution in [3.8, 4) is 0 Å². The first kappa shape index (κ1) is 19.8. The van der Waals surface area contributed by atoms with Gasteiger partial charge in [0.25, 0.3) is 0 Å². The van der Waals surface area contributed by atoms with Crippen LogP contribution >= 0.6 is 0 Å². The molecule has 1 amide bonds. The van der Waals surface area contributed by atoms with Crippen molar-refractivity contribution in [2.45, 2.75) is 25.0 Å². The van der Waals surface area contributed by atoms with Gasteiger partial charge in [0.2, 0.25) is 0 Å². The number of carbonyl (C=O) groups is 1. The largest absolute Gasteiger partial charge is 0.465 e. The maximum Gasteiger partial charge on any atom is 0.404 e. The Morgan fingerprint density at radius 3 is 2.31 bits per heavy atom. The van der Waals surface area contributed by atoms with E-state index in [1.807, 2.05) is 30.3 Å². The summed E-state index contributed by atoms with van der Waals surface area (Å²) >= 11 is 0. The summed E-state index contributed by atoms with van der Waals surface area (Å²) in [5, 5.41) is 24.5. The van der Waals surface area contributed by atoms with E-state index in [9.17, 15) is 18.7 Å². The van der Waals surface area contributed by atoms with Crippen LogP contribution in [0.1, 0.15) is 11.1 Å². The van der Waals surface area contributed by atoms with Gasteiger partial charge >= 0.3 is 6.09 Å². The summed E-state index contributed by atoms with van der Waals surface area (Å²) in [6.45, 7) is 0.755. The molecule has 0 aromatic heterocycles. The van der Waals surface area contributed by atoms with Crippen molar-refractivity contribution in [2.24, 2.45) is 0 Å². The summed E-state index contributed by atoms with van der Waals surface area (Å²) in [5.74, 6) is -1.49. The third-order valence-corrected chi connectivity index (χ3v) is 3.94. The summed E-state index contributed by atoms with van der Waals surface area (Å²) < 4.78 is 26.6. The molecule has 2 aromatic rings. The molecular formula is C19H22F2N2O3. The normalized spacial score (nSPS) is 13.2. The summed E-state index contributed by atoms with van der Waals surface area (Å²) in [6, 6.07) is 11.9. The Kier molecular flexibility index (Phi) is 7.50. The molecule has 0 spiro atoms. The van der Waals surface area contributed by atoms with Gasteiger partial charge in [0.1, 0.15) is 11.6 Å². The van der Waals surface area contributed by atoms with E-state index in [4.69, 9.17) is 5.11 Å². The average Bonchev–Trinajstić information content (AvgIpc) is 2.57. The fourth-order valence-electron chi connectivity index (χ4n) is 2.69. The lowest BCUT2D eigenvalue weighted by molar-refractivity contribution is 0.118. The maximum atomic E-state index is 13.3. The number of benzene rings is 2. The van der Waals surface area contributed by atoms with Crippen LogP contribution in [0.25, 0.3) is 0 Å². The molecule has 0 aliphatic heterocycles. The van der Waals surface area contributed by atoms with E-state index in [-0.39, 0.29) is 18.5 Å². The van der Waals surface area contributed by atoms with Crippen molar-refractivity contribution in [3.63, 3.8) is 0 Å². The van der Waals surface area contributed by atoms with E-state index in [0.717, 1.165) is 30.2 Å². The number of halogens is 2. The van der Waals surface area contributed by atoms with Crippen molar-refractivity contribution in [3.05, 3.63) is 71.3 Å². The number of aliphatic hydroxyl groups is 1. The van der Waals surface area contributed by atoms with Gasteiger partial charge in [0.15, 0.2) is 0 Å². The predicted octanol–water partition coefficient (Wildman–Crippen LogP) is 2.34. The van der Waals surface area contributed by atoms with Crippen LogP contribution in [0.4, 0.5) is 13.6 Å². The van der Waals surface area contributed by atoms with Gasteiger partial charge in [-0.2, -0.15) is 0 Å². The monoisotopic (exact) mass is 364 g/mol. The van der Waals surface area contributed by atoms with Gasteiger partial charge in [-0.15, -0.1) is 0 Å². The molecule has 0 heterocycles. The van der Waals surface area contributed by atoms with Gasteiger partial charge in [0, 0.05) is 12.6 Å². The van der Waals surface area contributed by atoms with Crippen LogP contribution in [0.3, 0.4) is 0 Å². The summed E-state index contributed by atoms with van der Waals surface area (Å²) in [6.07, 6.45) is -1.62. The quantitative estimate of drug-likeness (QED) is 0.515. The Morgan fingerprint density at radius 1 is 1.04 bits per heavy atom. The van der Waals surface area contributed by atoms with Crippen LogP contribution in [0.2, 0.25) is 0 Å². The highest BCUT2D eigenvalue weighted by atomic mass is 19.1. The van der Waals surface area contributed by atoms with E-state index in [0.29, 0.717) is 6.54 Å². The SMILES string of the molecule is O=C(O)N[C@@H](Cc1cc(F)cc(F)c1)[C@@H](O)CNCCc1ccccc1. The second-order valence-electron chi connectivity index (χ2n) is 6.04. The molecule has 7 heteroatoms. The number of nitrogens with one attached hydrogen (secondary N) is 2. The second-order valence-corrected chi connectivity index (χ2v) is 6.04. The van der Waals surface area contributed by atoms with E-state index in [1.54, 1.807) is 0 Å². The molecule has 0 unspecified atom stereocenters. The molecule has 2 aromatic carbocycles. The van der Waals surface area contributed by atoms with Crippen molar-refractivity contribution < 1.29 is 23.8 Å². The third kappa shape index (κ3) is 6.78. The standard InChI is InChI=1S/C19H22F2N2O3/c20-15-8-14(9-16(21)11-15)10-17(23-19(25)26)18(24)12-22-7-6-13-4-2-1-3-5-13/h1-5,8-9,11,17-18,22-24H,6-7,10,12H2,(H,25,26)/t17-,18-/m0/s1. The molecule has 0 bridgehead atoms. The van der Waals surface area contributed by atoms with Crippen LogP contribution in [0, 0.1) is 11.6 Å². The zero-order valence-corrected chi connectivity index (χ0v) is 14.2. The molecular weight excluding hydrogens is 342 g/mol. The van der Waals surface area contributed by atoms with Gasteiger partial charge < -0.3 is 20.8 Å². The lowest BCUT2D eigenvalue weighted by Gasteiger charge is -2.23. The summed E-state index contributed by atoms with van der Waals surface area (Å²) in [4.78, 5) is 11.0. The molecule has 0 fully saturated rings. The van der Waals surface area contributed by atoms with E-state index in [1.165, 1.54) is 0 Å². The lowest BCUT2D eigenvalue weighted by Crippen LogP contribution is -2.48. The van der Waals surface area contributed by atoms with Crippen LogP contribution in [0.15, 0.2) is 48.5 Å². The zero-order valence-electron chi connectivity index (χ0n) is 14.2. The van der Waals surface area contributed by atoms with Crippen molar-refractivity contribution in [1.82, 2.24) is 10.6 Å². The van der Waals surface area contributed by atoms with Crippen LogP contribution in [0.5, 0.6) is 0 Å². The number of rotatable bonds is 9. The Hall–Kier alpha value is -2.51. The topological polar surface area (TPSA) is 81.6 Å². The minimum atomic E-state index is -1.31. The van der Waals surface area contributed by atoms with Gasteiger partial charge in [-0.3, -0.25) is 0 Å². The first-order valence-electron chi connectivity index (χ1n) is 8.31. The molecule has 4 N–H and O–H groups in total. The molecule has 140 valence electrons. The highest BCUT2D eigenvalue weighted by Gasteiger charge is 2.22. The minimum Gasteiger partial charge on any atom is -0.465 e. The fraction of sp³-hybridized carbons (Fsp3) is 0.316. The lowest BCUT2D eigenvalue weighted by atomic mass is 10.0. The number of carboxylic acid groups (broad SMARTS) is 1. The highest BCUT2D eigenvalue weighted by molar-refractivity contribution is 5.65. The number of amides is 1. The molecule has 5 nitrogen and oxygen atoms in total. The van der Waals surface area contributed by atoms with Crippen LogP contribution in [-0.4, -0.2) is 41.5 Å². The maximum absolute atomic E-state index is 13.3. The molecule has 0 radical (unpaired) electrons. The fourth-order valence-corrected chi connectivity index (χ4v) is 2.69. The molecule has 0 saturated heterocycles. The second kappa shape index (κ2) is 9.84. The van der Waals surface area contributed by atoms with Gasteiger partial charge in [-0.1, -0.05) is 30.3 Å². The average molecular weight is 364 g/mol. The van der Waals surface area contributed by atoms with Gasteiger partial charge in [0.05, 0.1) is 12.1 Å². The third-order valence-electron chi connectivity index (χ3n) is 3.94. The van der Waals surface area contributed by atoms with Crippen LogP contribution < -0.4 is 10.6 Å². The smallest absolute Gasteiger partial charge is 0.404 e. The number of hydrogen-bond donors (Lipinski definition) is 4.